The lowest BCUT2D eigenvalue weighted by Crippen LogP contribution is -2.54. The van der Waals surface area contributed by atoms with E-state index < -0.39 is 0 Å². The Labute approximate surface area is 243 Å². The Balaban J connectivity index is 1.35. The molecule has 1 aliphatic rings. The van der Waals surface area contributed by atoms with Gasteiger partial charge in [-0.25, -0.2) is 4.98 Å². The van der Waals surface area contributed by atoms with Crippen molar-refractivity contribution in [2.24, 2.45) is 0 Å². The molecule has 2 aromatic heterocycles. The molecule has 0 atom stereocenters. The molecular weight excluding hydrogens is 511 g/mol. The number of hydrogen-bond donors (Lipinski definition) is 0. The second-order valence-corrected chi connectivity index (χ2v) is 10.9. The molecule has 0 aliphatic carbocycles. The molecule has 6 aromatic carbocycles. The fraction of sp³-hybridized carbons (Fsp3) is 0. The Bertz CT molecular complexity index is 2270. The minimum Gasteiger partial charge on any atom is -0.361 e. The summed E-state index contributed by atoms with van der Waals surface area (Å²) in [6, 6.07) is 54.2. The van der Waals surface area contributed by atoms with Gasteiger partial charge in [0, 0.05) is 33.4 Å². The van der Waals surface area contributed by atoms with Gasteiger partial charge in [0.1, 0.15) is 5.82 Å². The first-order chi connectivity index (χ1) is 20.9. The number of rotatable bonds is 3. The highest BCUT2D eigenvalue weighted by Gasteiger charge is 2.39. The average Bonchev–Trinajstić information content (AvgIpc) is 3.61. The summed E-state index contributed by atoms with van der Waals surface area (Å²) in [5, 5.41) is 2.48. The van der Waals surface area contributed by atoms with Gasteiger partial charge in [-0.3, -0.25) is 0 Å². The number of para-hydroxylation sites is 5. The number of benzene rings is 6. The second kappa shape index (κ2) is 8.98. The average molecular weight is 536 g/mol. The van der Waals surface area contributed by atoms with Crippen LogP contribution in [0.25, 0.3) is 49.9 Å². The zero-order valence-electron chi connectivity index (χ0n) is 22.8. The summed E-state index contributed by atoms with van der Waals surface area (Å²) < 4.78 is 4.78. The molecule has 0 unspecified atom stereocenters. The third-order valence-corrected chi connectivity index (χ3v) is 8.54. The minimum absolute atomic E-state index is 0.108. The van der Waals surface area contributed by atoms with E-state index in [1.807, 2.05) is 0 Å². The Morgan fingerprint density at radius 3 is 2.02 bits per heavy atom. The molecule has 0 N–H and O–H groups in total. The number of nitrogens with zero attached hydrogens (tertiary/aromatic N) is 4. The van der Waals surface area contributed by atoms with E-state index in [9.17, 15) is 0 Å². The van der Waals surface area contributed by atoms with E-state index in [0.29, 0.717) is 0 Å². The number of fused-ring (bicyclic) bond motifs is 8. The first-order valence-corrected chi connectivity index (χ1v) is 14.4. The van der Waals surface area contributed by atoms with Gasteiger partial charge in [-0.2, -0.15) is 0 Å². The maximum Gasteiger partial charge on any atom is 0.421 e. The van der Waals surface area contributed by atoms with Crippen molar-refractivity contribution in [2.45, 2.75) is 0 Å². The van der Waals surface area contributed by atoms with Crippen LogP contribution in [0.5, 0.6) is 0 Å². The van der Waals surface area contributed by atoms with Crippen LogP contribution in [0.1, 0.15) is 0 Å². The minimum atomic E-state index is -0.108. The molecule has 0 saturated carbocycles. The zero-order chi connectivity index (χ0) is 27.6. The lowest BCUT2D eigenvalue weighted by molar-refractivity contribution is 1.14. The van der Waals surface area contributed by atoms with Gasteiger partial charge in [0.2, 0.25) is 0 Å². The number of imidazole rings is 1. The third kappa shape index (κ3) is 3.28. The largest absolute Gasteiger partial charge is 0.421 e. The molecule has 0 saturated heterocycles. The van der Waals surface area contributed by atoms with Crippen molar-refractivity contribution in [2.75, 3.05) is 4.81 Å². The fourth-order valence-electron chi connectivity index (χ4n) is 6.77. The molecular formula is C37H25BN4. The standard InChI is InChI=1S/C37H25BN4/c1-3-13-26(14-4-1)38-41(35-21-11-8-18-30(35)37-39-32-19-9-12-22-36(32)42(37)38)28-23-24-34-31(25-28)29-17-7-10-20-33(29)40(34)27-15-5-2-6-16-27/h1-25H. The Kier molecular flexibility index (Phi) is 4.96. The van der Waals surface area contributed by atoms with Gasteiger partial charge in [0.05, 0.1) is 22.1 Å². The van der Waals surface area contributed by atoms with Gasteiger partial charge in [-0.05, 0) is 66.1 Å². The first-order valence-electron chi connectivity index (χ1n) is 14.4. The smallest absolute Gasteiger partial charge is 0.361 e. The van der Waals surface area contributed by atoms with E-state index in [1.165, 1.54) is 27.3 Å². The summed E-state index contributed by atoms with van der Waals surface area (Å²) in [6.07, 6.45) is 0. The van der Waals surface area contributed by atoms with Crippen LogP contribution in [0.15, 0.2) is 152 Å². The van der Waals surface area contributed by atoms with Crippen LogP contribution in [0.4, 0.5) is 11.4 Å². The van der Waals surface area contributed by atoms with Gasteiger partial charge < -0.3 is 13.9 Å². The molecule has 5 heteroatoms. The molecule has 9 rings (SSSR count). The maximum absolute atomic E-state index is 5.16. The SMILES string of the molecule is c1ccc(B2N(c3ccc4c(c3)c3ccccc3n4-c3ccccc3)c3ccccc3-c3nc4ccccc4n32)cc1. The zero-order valence-corrected chi connectivity index (χ0v) is 22.8. The summed E-state index contributed by atoms with van der Waals surface area (Å²) in [7, 11) is 0. The summed E-state index contributed by atoms with van der Waals surface area (Å²) in [5.41, 5.74) is 10.3. The monoisotopic (exact) mass is 536 g/mol. The van der Waals surface area contributed by atoms with Gasteiger partial charge in [-0.1, -0.05) is 91.0 Å². The quantitative estimate of drug-likeness (QED) is 0.213. The second-order valence-electron chi connectivity index (χ2n) is 10.9. The molecule has 0 radical (unpaired) electrons. The molecule has 42 heavy (non-hydrogen) atoms. The molecule has 3 heterocycles. The molecule has 0 fully saturated rings. The van der Waals surface area contributed by atoms with Crippen LogP contribution in [0, 0.1) is 0 Å². The molecule has 0 bridgehead atoms. The van der Waals surface area contributed by atoms with E-state index in [4.69, 9.17) is 4.98 Å². The molecule has 8 aromatic rings. The van der Waals surface area contributed by atoms with Crippen LogP contribution in [0.3, 0.4) is 0 Å². The van der Waals surface area contributed by atoms with Crippen molar-refractivity contribution >= 4 is 56.7 Å². The molecule has 1 aliphatic heterocycles. The van der Waals surface area contributed by atoms with Crippen LogP contribution >= 0.6 is 0 Å². The van der Waals surface area contributed by atoms with E-state index in [-0.39, 0.29) is 6.98 Å². The van der Waals surface area contributed by atoms with Gasteiger partial charge >= 0.3 is 6.98 Å². The van der Waals surface area contributed by atoms with E-state index in [0.717, 1.165) is 39.5 Å². The molecule has 0 spiro atoms. The van der Waals surface area contributed by atoms with Gasteiger partial charge in [-0.15, -0.1) is 0 Å². The highest BCUT2D eigenvalue weighted by molar-refractivity contribution is 6.78. The van der Waals surface area contributed by atoms with Crippen molar-refractivity contribution in [1.82, 2.24) is 14.0 Å². The van der Waals surface area contributed by atoms with Crippen LogP contribution in [-0.2, 0) is 0 Å². The third-order valence-electron chi connectivity index (χ3n) is 8.54. The van der Waals surface area contributed by atoms with Crippen molar-refractivity contribution < 1.29 is 0 Å². The van der Waals surface area contributed by atoms with Gasteiger partial charge in [0.15, 0.2) is 0 Å². The van der Waals surface area contributed by atoms with Crippen LogP contribution in [-0.4, -0.2) is 21.0 Å². The van der Waals surface area contributed by atoms with Crippen molar-refractivity contribution in [3.63, 3.8) is 0 Å². The van der Waals surface area contributed by atoms with Crippen molar-refractivity contribution in [3.8, 4) is 17.1 Å². The summed E-state index contributed by atoms with van der Waals surface area (Å²) in [6.45, 7) is -0.108. The summed E-state index contributed by atoms with van der Waals surface area (Å²) in [5.74, 6) is 0.999. The molecule has 196 valence electrons. The van der Waals surface area contributed by atoms with E-state index in [2.05, 4.69) is 166 Å². The van der Waals surface area contributed by atoms with E-state index in [1.54, 1.807) is 0 Å². The maximum atomic E-state index is 5.16. The number of hydrogen-bond acceptors (Lipinski definition) is 2. The van der Waals surface area contributed by atoms with Crippen molar-refractivity contribution in [1.29, 1.82) is 0 Å². The Morgan fingerprint density at radius 2 is 1.17 bits per heavy atom. The fourth-order valence-corrected chi connectivity index (χ4v) is 6.77. The lowest BCUT2D eigenvalue weighted by Gasteiger charge is -2.38. The number of aromatic nitrogens is 3. The molecule has 0 amide bonds. The summed E-state index contributed by atoms with van der Waals surface area (Å²) >= 11 is 0. The Morgan fingerprint density at radius 1 is 0.500 bits per heavy atom. The first kappa shape index (κ1) is 23.2. The molecule has 4 nitrogen and oxygen atoms in total. The predicted molar refractivity (Wildman–Crippen MR) is 175 cm³/mol. The Hall–Kier alpha value is -5.55. The number of anilines is 2. The lowest BCUT2D eigenvalue weighted by atomic mass is 9.62. The summed E-state index contributed by atoms with van der Waals surface area (Å²) in [4.78, 5) is 7.65. The van der Waals surface area contributed by atoms with Gasteiger partial charge in [0.25, 0.3) is 0 Å². The van der Waals surface area contributed by atoms with Crippen LogP contribution in [0.2, 0.25) is 0 Å². The highest BCUT2D eigenvalue weighted by Crippen LogP contribution is 2.43. The van der Waals surface area contributed by atoms with Crippen LogP contribution < -0.4 is 10.3 Å². The highest BCUT2D eigenvalue weighted by atomic mass is 15.2. The predicted octanol–water partition coefficient (Wildman–Crippen LogP) is 8.20. The van der Waals surface area contributed by atoms with Crippen molar-refractivity contribution in [3.05, 3.63) is 152 Å². The normalized spacial score (nSPS) is 12.7. The van der Waals surface area contributed by atoms with E-state index >= 15 is 0 Å². The topological polar surface area (TPSA) is 26.0 Å².